The normalized spacial score (nSPS) is 14.8. The Bertz CT molecular complexity index is 614. The molecule has 102 valence electrons. The van der Waals surface area contributed by atoms with Crippen molar-refractivity contribution >= 4 is 11.9 Å². The van der Waals surface area contributed by atoms with Gasteiger partial charge in [-0.2, -0.15) is 0 Å². The molecule has 0 aliphatic carbocycles. The third-order valence-electron chi connectivity index (χ3n) is 3.14. The second-order valence-corrected chi connectivity index (χ2v) is 4.63. The van der Waals surface area contributed by atoms with Crippen molar-refractivity contribution in [3.8, 4) is 0 Å². The summed E-state index contributed by atoms with van der Waals surface area (Å²) in [5.74, 6) is -0.00406. The molecule has 1 fully saturated rings. The Labute approximate surface area is 115 Å². The number of hydrogen-bond acceptors (Lipinski definition) is 4. The van der Waals surface area contributed by atoms with E-state index in [0.29, 0.717) is 24.6 Å². The van der Waals surface area contributed by atoms with Gasteiger partial charge in [0.15, 0.2) is 0 Å². The molecule has 1 saturated heterocycles. The van der Waals surface area contributed by atoms with Gasteiger partial charge < -0.3 is 10.2 Å². The molecule has 3 rings (SSSR count). The number of carbonyl (C=O) groups excluding carboxylic acids is 1. The number of benzene rings is 1. The van der Waals surface area contributed by atoms with Crippen LogP contribution in [0.5, 0.6) is 0 Å². The summed E-state index contributed by atoms with van der Waals surface area (Å²) in [6.45, 7) is 1.13. The average molecular weight is 272 g/mol. The molecule has 1 N–H and O–H groups in total. The molecule has 0 saturated carbocycles. The lowest BCUT2D eigenvalue weighted by Gasteiger charge is -2.39. The van der Waals surface area contributed by atoms with Crippen molar-refractivity contribution in [1.82, 2.24) is 14.9 Å². The Kier molecular flexibility index (Phi) is 3.28. The van der Waals surface area contributed by atoms with Crippen molar-refractivity contribution in [2.24, 2.45) is 0 Å². The first-order chi connectivity index (χ1) is 9.72. The first kappa shape index (κ1) is 12.5. The maximum atomic E-state index is 13.1. The largest absolute Gasteiger partial charge is 0.348 e. The second-order valence-electron chi connectivity index (χ2n) is 4.63. The summed E-state index contributed by atoms with van der Waals surface area (Å²) in [6, 6.07) is 7.61. The van der Waals surface area contributed by atoms with Crippen LogP contribution in [0.25, 0.3) is 0 Å². The predicted octanol–water partition coefficient (Wildman–Crippen LogP) is 1.55. The van der Waals surface area contributed by atoms with E-state index >= 15 is 0 Å². The number of aromatic nitrogens is 2. The Morgan fingerprint density at radius 2 is 2.00 bits per heavy atom. The van der Waals surface area contributed by atoms with Crippen LogP contribution in [-0.2, 0) is 0 Å². The van der Waals surface area contributed by atoms with Crippen LogP contribution in [0.4, 0.5) is 10.3 Å². The predicted molar refractivity (Wildman–Crippen MR) is 71.7 cm³/mol. The van der Waals surface area contributed by atoms with Crippen LogP contribution in [-0.4, -0.2) is 39.9 Å². The highest BCUT2D eigenvalue weighted by Gasteiger charge is 2.31. The third kappa shape index (κ3) is 2.59. The molecular weight excluding hydrogens is 259 g/mol. The van der Waals surface area contributed by atoms with Crippen LogP contribution in [0.3, 0.4) is 0 Å². The Balaban J connectivity index is 1.56. The summed E-state index contributed by atoms with van der Waals surface area (Å²) in [5, 5.41) is 3.14. The zero-order valence-electron chi connectivity index (χ0n) is 10.7. The van der Waals surface area contributed by atoms with Crippen LogP contribution in [0.15, 0.2) is 42.7 Å². The van der Waals surface area contributed by atoms with Gasteiger partial charge in [0, 0.05) is 31.0 Å². The van der Waals surface area contributed by atoms with E-state index in [0.717, 1.165) is 0 Å². The van der Waals surface area contributed by atoms with E-state index < -0.39 is 5.82 Å². The van der Waals surface area contributed by atoms with Crippen molar-refractivity contribution in [2.75, 3.05) is 18.4 Å². The van der Waals surface area contributed by atoms with Crippen molar-refractivity contribution in [2.45, 2.75) is 6.04 Å². The summed E-state index contributed by atoms with van der Waals surface area (Å²) in [7, 11) is 0. The average Bonchev–Trinajstić information content (AvgIpc) is 2.43. The van der Waals surface area contributed by atoms with Gasteiger partial charge in [0.25, 0.3) is 5.91 Å². The van der Waals surface area contributed by atoms with E-state index in [1.54, 1.807) is 29.4 Å². The zero-order chi connectivity index (χ0) is 13.9. The molecule has 1 amide bonds. The molecule has 5 nitrogen and oxygen atoms in total. The smallest absolute Gasteiger partial charge is 0.254 e. The van der Waals surface area contributed by atoms with Gasteiger partial charge in [-0.3, -0.25) is 4.79 Å². The fourth-order valence-electron chi connectivity index (χ4n) is 2.10. The number of carbonyl (C=O) groups is 1. The summed E-state index contributed by atoms with van der Waals surface area (Å²) in [4.78, 5) is 21.9. The van der Waals surface area contributed by atoms with E-state index in [-0.39, 0.29) is 11.9 Å². The number of hydrogen-bond donors (Lipinski definition) is 1. The lowest BCUT2D eigenvalue weighted by molar-refractivity contribution is 0.0624. The van der Waals surface area contributed by atoms with E-state index in [9.17, 15) is 9.18 Å². The molecule has 20 heavy (non-hydrogen) atoms. The standard InChI is InChI=1S/C14H13FN4O/c15-11-4-1-3-10(7-11)13(20)19-8-12(9-19)18-14-16-5-2-6-17-14/h1-7,12H,8-9H2,(H,16,17,18). The molecule has 0 atom stereocenters. The minimum atomic E-state index is -0.399. The van der Waals surface area contributed by atoms with E-state index in [2.05, 4.69) is 15.3 Å². The molecule has 1 aromatic heterocycles. The molecular formula is C14H13FN4O. The van der Waals surface area contributed by atoms with Crippen molar-refractivity contribution in [1.29, 1.82) is 0 Å². The molecule has 1 aliphatic heterocycles. The van der Waals surface area contributed by atoms with E-state index in [1.807, 2.05) is 0 Å². The lowest BCUT2D eigenvalue weighted by atomic mass is 10.1. The Morgan fingerprint density at radius 1 is 1.25 bits per heavy atom. The maximum Gasteiger partial charge on any atom is 0.254 e. The number of amides is 1. The molecule has 0 unspecified atom stereocenters. The molecule has 1 aliphatic rings. The van der Waals surface area contributed by atoms with Gasteiger partial charge in [0.2, 0.25) is 5.95 Å². The number of halogens is 1. The van der Waals surface area contributed by atoms with Crippen LogP contribution in [0.2, 0.25) is 0 Å². The highest BCUT2D eigenvalue weighted by molar-refractivity contribution is 5.94. The quantitative estimate of drug-likeness (QED) is 0.921. The maximum absolute atomic E-state index is 13.1. The minimum absolute atomic E-state index is 0.134. The van der Waals surface area contributed by atoms with E-state index in [4.69, 9.17) is 0 Å². The van der Waals surface area contributed by atoms with Crippen molar-refractivity contribution in [3.63, 3.8) is 0 Å². The molecule has 6 heteroatoms. The number of anilines is 1. The van der Waals surface area contributed by atoms with Crippen LogP contribution >= 0.6 is 0 Å². The summed E-state index contributed by atoms with van der Waals surface area (Å²) in [6.07, 6.45) is 3.31. The molecule has 0 bridgehead atoms. The first-order valence-corrected chi connectivity index (χ1v) is 6.31. The van der Waals surface area contributed by atoms with Gasteiger partial charge in [-0.15, -0.1) is 0 Å². The highest BCUT2D eigenvalue weighted by Crippen LogP contribution is 2.16. The molecule has 2 heterocycles. The Morgan fingerprint density at radius 3 is 2.70 bits per heavy atom. The van der Waals surface area contributed by atoms with Crippen LogP contribution in [0, 0.1) is 5.82 Å². The fourth-order valence-corrected chi connectivity index (χ4v) is 2.10. The van der Waals surface area contributed by atoms with Crippen LogP contribution in [0.1, 0.15) is 10.4 Å². The van der Waals surface area contributed by atoms with Gasteiger partial charge in [-0.25, -0.2) is 14.4 Å². The van der Waals surface area contributed by atoms with Crippen LogP contribution < -0.4 is 5.32 Å². The summed E-state index contributed by atoms with van der Waals surface area (Å²) in [5.41, 5.74) is 0.374. The molecule has 2 aromatic rings. The molecule has 0 spiro atoms. The van der Waals surface area contributed by atoms with Gasteiger partial charge >= 0.3 is 0 Å². The SMILES string of the molecule is O=C(c1cccc(F)c1)N1CC(Nc2ncccn2)C1. The van der Waals surface area contributed by atoms with Gasteiger partial charge in [0.1, 0.15) is 5.82 Å². The summed E-state index contributed by atoms with van der Waals surface area (Å²) >= 11 is 0. The number of likely N-dealkylation sites (tertiary alicyclic amines) is 1. The highest BCUT2D eigenvalue weighted by atomic mass is 19.1. The monoisotopic (exact) mass is 272 g/mol. The Hall–Kier alpha value is -2.50. The molecule has 1 aromatic carbocycles. The number of nitrogens with zero attached hydrogens (tertiary/aromatic N) is 3. The van der Waals surface area contributed by atoms with Gasteiger partial charge in [-0.05, 0) is 24.3 Å². The number of rotatable bonds is 3. The lowest BCUT2D eigenvalue weighted by Crippen LogP contribution is -2.57. The molecule has 0 radical (unpaired) electrons. The second kappa shape index (κ2) is 5.24. The third-order valence-corrected chi connectivity index (χ3v) is 3.14. The van der Waals surface area contributed by atoms with Crippen molar-refractivity contribution < 1.29 is 9.18 Å². The zero-order valence-corrected chi connectivity index (χ0v) is 10.7. The van der Waals surface area contributed by atoms with Crippen molar-refractivity contribution in [3.05, 3.63) is 54.1 Å². The summed E-state index contributed by atoms with van der Waals surface area (Å²) < 4.78 is 13.1. The fraction of sp³-hybridized carbons (Fsp3) is 0.214. The van der Waals surface area contributed by atoms with Gasteiger partial charge in [-0.1, -0.05) is 6.07 Å². The first-order valence-electron chi connectivity index (χ1n) is 6.31. The minimum Gasteiger partial charge on any atom is -0.348 e. The topological polar surface area (TPSA) is 58.1 Å². The van der Waals surface area contributed by atoms with E-state index in [1.165, 1.54) is 18.2 Å². The van der Waals surface area contributed by atoms with Gasteiger partial charge in [0.05, 0.1) is 6.04 Å². The number of nitrogens with one attached hydrogen (secondary N) is 1.